The molecule has 0 spiro atoms. The van der Waals surface area contributed by atoms with Gasteiger partial charge in [0, 0.05) is 33.2 Å². The molecule has 8 aliphatic carbocycles. The van der Waals surface area contributed by atoms with Crippen molar-refractivity contribution in [2.75, 3.05) is 0 Å². The minimum atomic E-state index is -2.53. The van der Waals surface area contributed by atoms with Crippen LogP contribution in [0.4, 0.5) is 0 Å². The van der Waals surface area contributed by atoms with Gasteiger partial charge in [-0.1, -0.05) is 101 Å². The summed E-state index contributed by atoms with van der Waals surface area (Å²) in [7, 11) is -5.06. The molecule has 4 bridgehead atoms. The molecule has 10 rings (SSSR count). The number of hydrogen-bond acceptors (Lipinski definition) is 2. The number of rotatable bonds is 6. The van der Waals surface area contributed by atoms with Crippen LogP contribution in [-0.4, -0.2) is 22.6 Å². The monoisotopic (exact) mass is 632 g/mol. The van der Waals surface area contributed by atoms with Crippen molar-refractivity contribution in [2.24, 2.45) is 0 Å². The van der Waals surface area contributed by atoms with Crippen LogP contribution < -0.4 is 10.6 Å². The lowest BCUT2D eigenvalue weighted by atomic mass is 9.96. The molecule has 0 heterocycles. The Hall–Kier alpha value is -1.10. The van der Waals surface area contributed by atoms with Gasteiger partial charge in [0.2, 0.25) is 0 Å². The SMILES string of the molecule is O=P(c1cc2ccc1CCc1ccc(c(P(=O)(C3CCCCC3)C3CCCCC3)c1)CC2)(C1CCCCC1)C1CCCCC1. The van der Waals surface area contributed by atoms with E-state index >= 15 is 9.13 Å². The second-order valence-electron chi connectivity index (χ2n) is 15.5. The Kier molecular flexibility index (Phi) is 9.98. The zero-order valence-corrected chi connectivity index (χ0v) is 29.2. The first-order chi connectivity index (χ1) is 21.6. The predicted octanol–water partition coefficient (Wildman–Crippen LogP) is 10.9. The minimum absolute atomic E-state index is 0.392. The third-order valence-corrected chi connectivity index (χ3v) is 21.6. The van der Waals surface area contributed by atoms with Gasteiger partial charge in [0.05, 0.1) is 0 Å². The Morgan fingerprint density at radius 2 is 0.682 bits per heavy atom. The van der Waals surface area contributed by atoms with Crippen LogP contribution in [0, 0.1) is 0 Å². The first-order valence-corrected chi connectivity index (χ1v) is 22.7. The van der Waals surface area contributed by atoms with E-state index < -0.39 is 14.3 Å². The zero-order valence-electron chi connectivity index (χ0n) is 27.5. The van der Waals surface area contributed by atoms with Crippen LogP contribution in [-0.2, 0) is 34.8 Å². The molecule has 2 aromatic carbocycles. The third kappa shape index (κ3) is 6.15. The fraction of sp³-hybridized carbons (Fsp3) is 0.700. The van der Waals surface area contributed by atoms with Crippen LogP contribution >= 0.6 is 14.3 Å². The second kappa shape index (κ2) is 13.9. The average Bonchev–Trinajstić information content (AvgIpc) is 3.10. The molecule has 4 saturated carbocycles. The maximum absolute atomic E-state index is 15.8. The molecule has 4 heteroatoms. The second-order valence-corrected chi connectivity index (χ2v) is 22.2. The van der Waals surface area contributed by atoms with Crippen molar-refractivity contribution in [1.29, 1.82) is 0 Å². The van der Waals surface area contributed by atoms with Crippen molar-refractivity contribution >= 4 is 24.9 Å². The summed E-state index contributed by atoms with van der Waals surface area (Å²) in [6, 6.07) is 14.4. The van der Waals surface area contributed by atoms with Gasteiger partial charge in [-0.3, -0.25) is 0 Å². The van der Waals surface area contributed by atoms with E-state index in [0.717, 1.165) is 25.7 Å². The molecule has 0 N–H and O–H groups in total. The number of benzene rings is 2. The van der Waals surface area contributed by atoms with Gasteiger partial charge in [0.25, 0.3) is 0 Å². The molecule has 2 nitrogen and oxygen atoms in total. The summed E-state index contributed by atoms with van der Waals surface area (Å²) >= 11 is 0. The van der Waals surface area contributed by atoms with E-state index in [1.807, 2.05) is 0 Å². The highest BCUT2D eigenvalue weighted by atomic mass is 31.2. The molecule has 0 radical (unpaired) electrons. The van der Waals surface area contributed by atoms with Crippen LogP contribution in [0.2, 0.25) is 0 Å². The van der Waals surface area contributed by atoms with Crippen LogP contribution in [0.15, 0.2) is 36.4 Å². The van der Waals surface area contributed by atoms with E-state index in [0.29, 0.717) is 22.6 Å². The van der Waals surface area contributed by atoms with Crippen molar-refractivity contribution in [1.82, 2.24) is 0 Å². The van der Waals surface area contributed by atoms with E-state index in [1.165, 1.54) is 161 Å². The first-order valence-electron chi connectivity index (χ1n) is 19.0. The van der Waals surface area contributed by atoms with Crippen LogP contribution in [0.25, 0.3) is 0 Å². The zero-order chi connectivity index (χ0) is 30.0. The first kappa shape index (κ1) is 31.5. The van der Waals surface area contributed by atoms with Gasteiger partial charge >= 0.3 is 0 Å². The Bertz CT molecular complexity index is 1220. The van der Waals surface area contributed by atoms with Crippen molar-refractivity contribution in [3.05, 3.63) is 58.7 Å². The van der Waals surface area contributed by atoms with Crippen molar-refractivity contribution < 1.29 is 9.13 Å². The molecule has 0 amide bonds. The van der Waals surface area contributed by atoms with Crippen molar-refractivity contribution in [3.63, 3.8) is 0 Å². The Morgan fingerprint density at radius 1 is 0.386 bits per heavy atom. The van der Waals surface area contributed by atoms with Gasteiger partial charge in [-0.05, 0) is 111 Å². The quantitative estimate of drug-likeness (QED) is 0.297. The van der Waals surface area contributed by atoms with E-state index in [2.05, 4.69) is 36.4 Å². The summed E-state index contributed by atoms with van der Waals surface area (Å²) in [5.41, 5.74) is 7.01. The normalized spacial score (nSPS) is 23.8. The molecule has 0 unspecified atom stereocenters. The maximum atomic E-state index is 15.8. The molecule has 0 aromatic heterocycles. The maximum Gasteiger partial charge on any atom is 0.121 e. The lowest BCUT2D eigenvalue weighted by molar-refractivity contribution is 0.452. The van der Waals surface area contributed by atoms with Crippen LogP contribution in [0.3, 0.4) is 0 Å². The summed E-state index contributed by atoms with van der Waals surface area (Å²) in [6.45, 7) is 0. The van der Waals surface area contributed by atoms with Gasteiger partial charge in [-0.25, -0.2) is 0 Å². The van der Waals surface area contributed by atoms with E-state index in [1.54, 1.807) is 0 Å². The van der Waals surface area contributed by atoms with E-state index in [4.69, 9.17) is 0 Å². The molecule has 8 aliphatic rings. The number of aryl methyl sites for hydroxylation is 4. The predicted molar refractivity (Wildman–Crippen MR) is 190 cm³/mol. The Balaban J connectivity index is 1.27. The average molecular weight is 633 g/mol. The molecule has 240 valence electrons. The topological polar surface area (TPSA) is 34.1 Å². The lowest BCUT2D eigenvalue weighted by Crippen LogP contribution is -2.32. The van der Waals surface area contributed by atoms with Gasteiger partial charge < -0.3 is 9.13 Å². The lowest BCUT2D eigenvalue weighted by Gasteiger charge is -2.40. The molecule has 2 aromatic rings. The van der Waals surface area contributed by atoms with Crippen LogP contribution in [0.1, 0.15) is 151 Å². The molecule has 4 fully saturated rings. The smallest absolute Gasteiger partial charge is 0.121 e. The Labute approximate surface area is 268 Å². The van der Waals surface area contributed by atoms with E-state index in [-0.39, 0.29) is 0 Å². The van der Waals surface area contributed by atoms with Gasteiger partial charge in [-0.2, -0.15) is 0 Å². The summed E-state index contributed by atoms with van der Waals surface area (Å²) in [5, 5.41) is 2.58. The molecule has 0 aliphatic heterocycles. The van der Waals surface area contributed by atoms with Crippen LogP contribution in [0.5, 0.6) is 0 Å². The molecule has 0 atom stereocenters. The number of hydrogen-bond donors (Lipinski definition) is 0. The molecular formula is C40H58O2P2. The summed E-state index contributed by atoms with van der Waals surface area (Å²) in [4.78, 5) is 0. The molecular weight excluding hydrogens is 574 g/mol. The van der Waals surface area contributed by atoms with Gasteiger partial charge in [-0.15, -0.1) is 0 Å². The highest BCUT2D eigenvalue weighted by Crippen LogP contribution is 2.64. The largest absolute Gasteiger partial charge is 0.318 e. The standard InChI is InChI=1S/C40H58O2P2/c41-43(35-13-5-1-6-14-35,36-15-7-2-8-16-36)39-29-31-21-25-33(39)27-23-32-22-26-34(28-24-31)40(30-32)44(42,37-17-9-3-10-18-37)38-19-11-4-12-20-38/h21-22,25-26,29-30,35-38H,1-20,23-24,27-28H2. The highest BCUT2D eigenvalue weighted by molar-refractivity contribution is 7.73. The third-order valence-electron chi connectivity index (χ3n) is 12.9. The molecule has 0 saturated heterocycles. The van der Waals surface area contributed by atoms with Gasteiger partial charge in [0.1, 0.15) is 14.3 Å². The summed E-state index contributed by atoms with van der Waals surface area (Å²) in [6.07, 6.45) is 28.5. The van der Waals surface area contributed by atoms with Gasteiger partial charge in [0.15, 0.2) is 0 Å². The highest BCUT2D eigenvalue weighted by Gasteiger charge is 2.45. The minimum Gasteiger partial charge on any atom is -0.318 e. The molecule has 44 heavy (non-hydrogen) atoms. The Morgan fingerprint density at radius 3 is 0.977 bits per heavy atom. The van der Waals surface area contributed by atoms with Crippen molar-refractivity contribution in [3.8, 4) is 0 Å². The fourth-order valence-electron chi connectivity index (χ4n) is 10.4. The summed E-state index contributed by atoms with van der Waals surface area (Å²) < 4.78 is 31.5. The van der Waals surface area contributed by atoms with Crippen molar-refractivity contribution in [2.45, 2.75) is 177 Å². The fourth-order valence-corrected chi connectivity index (χ4v) is 19.7. The van der Waals surface area contributed by atoms with E-state index in [9.17, 15) is 0 Å². The summed E-state index contributed by atoms with van der Waals surface area (Å²) in [5.74, 6) is 0.